The van der Waals surface area contributed by atoms with Crippen molar-refractivity contribution in [3.05, 3.63) is 23.5 Å². The van der Waals surface area contributed by atoms with E-state index in [1.807, 2.05) is 0 Å². The third kappa shape index (κ3) is 1.43. The van der Waals surface area contributed by atoms with Crippen molar-refractivity contribution in [2.75, 3.05) is 0 Å². The van der Waals surface area contributed by atoms with Gasteiger partial charge in [0.2, 0.25) is 5.91 Å². The van der Waals surface area contributed by atoms with E-state index in [0.29, 0.717) is 13.1 Å². The number of hydrogen-bond donors (Lipinski definition) is 1. The molecule has 0 radical (unpaired) electrons. The molecule has 0 saturated heterocycles. The third-order valence-corrected chi connectivity index (χ3v) is 2.61. The van der Waals surface area contributed by atoms with Gasteiger partial charge in [0.05, 0.1) is 6.54 Å². The zero-order chi connectivity index (χ0) is 10.3. The van der Waals surface area contributed by atoms with Gasteiger partial charge in [0.1, 0.15) is 6.54 Å². The van der Waals surface area contributed by atoms with Gasteiger partial charge in [-0.1, -0.05) is 20.8 Å². The van der Waals surface area contributed by atoms with E-state index in [1.54, 1.807) is 0 Å². The lowest BCUT2D eigenvalue weighted by molar-refractivity contribution is -0.122. The van der Waals surface area contributed by atoms with Gasteiger partial charge in [-0.05, 0) is 12.1 Å². The van der Waals surface area contributed by atoms with Crippen molar-refractivity contribution >= 4 is 5.91 Å². The maximum atomic E-state index is 11.3. The Bertz CT molecular complexity index is 371. The molecule has 0 aromatic carbocycles. The first kappa shape index (κ1) is 9.31. The smallest absolute Gasteiger partial charge is 0.240 e. The molecule has 0 spiro atoms. The number of carbonyl (C=O) groups is 1. The van der Waals surface area contributed by atoms with E-state index in [1.165, 1.54) is 11.4 Å². The van der Waals surface area contributed by atoms with Crippen LogP contribution in [0, 0.1) is 0 Å². The Balaban J connectivity index is 2.45. The maximum Gasteiger partial charge on any atom is 0.240 e. The molecule has 1 N–H and O–H groups in total. The second kappa shape index (κ2) is 2.87. The van der Waals surface area contributed by atoms with Crippen LogP contribution in [0.2, 0.25) is 0 Å². The molecule has 1 aromatic rings. The Morgan fingerprint density at radius 2 is 2.07 bits per heavy atom. The van der Waals surface area contributed by atoms with Crippen LogP contribution >= 0.6 is 0 Å². The molecular formula is C11H16N2O. The van der Waals surface area contributed by atoms with Crippen LogP contribution < -0.4 is 5.32 Å². The van der Waals surface area contributed by atoms with Crippen molar-refractivity contribution in [3.8, 4) is 0 Å². The average molecular weight is 192 g/mol. The number of nitrogens with zero attached hydrogens (tertiary/aromatic N) is 1. The molecule has 0 fully saturated rings. The molecule has 0 atom stereocenters. The molecule has 3 heteroatoms. The molecule has 0 unspecified atom stereocenters. The summed E-state index contributed by atoms with van der Waals surface area (Å²) in [6.07, 6.45) is 0. The van der Waals surface area contributed by atoms with Crippen molar-refractivity contribution in [1.82, 2.24) is 9.88 Å². The molecule has 1 amide bonds. The lowest BCUT2D eigenvalue weighted by Crippen LogP contribution is -2.35. The Hall–Kier alpha value is -1.25. The molecule has 76 valence electrons. The van der Waals surface area contributed by atoms with Crippen molar-refractivity contribution in [2.45, 2.75) is 39.3 Å². The standard InChI is InChI=1S/C11H16N2O/c1-11(2,3)9-5-4-8-6-12-10(14)7-13(8)9/h4-5H,6-7H2,1-3H3,(H,12,14). The van der Waals surface area contributed by atoms with Gasteiger partial charge in [0, 0.05) is 16.8 Å². The van der Waals surface area contributed by atoms with Gasteiger partial charge in [0.15, 0.2) is 0 Å². The summed E-state index contributed by atoms with van der Waals surface area (Å²) in [4.78, 5) is 11.3. The van der Waals surface area contributed by atoms with E-state index in [2.05, 4.69) is 42.8 Å². The molecule has 2 heterocycles. The van der Waals surface area contributed by atoms with E-state index < -0.39 is 0 Å². The molecular weight excluding hydrogens is 176 g/mol. The molecule has 1 aromatic heterocycles. The lowest BCUT2D eigenvalue weighted by Gasteiger charge is -2.25. The molecule has 0 bridgehead atoms. The summed E-state index contributed by atoms with van der Waals surface area (Å²) in [5.74, 6) is 0.110. The normalized spacial score (nSPS) is 16.4. The molecule has 2 rings (SSSR count). The predicted molar refractivity (Wildman–Crippen MR) is 55.0 cm³/mol. The van der Waals surface area contributed by atoms with Crippen LogP contribution in [0.5, 0.6) is 0 Å². The fraction of sp³-hybridized carbons (Fsp3) is 0.545. The summed E-state index contributed by atoms with van der Waals surface area (Å²) in [6.45, 7) is 7.64. The third-order valence-electron chi connectivity index (χ3n) is 2.61. The first-order valence-corrected chi connectivity index (χ1v) is 4.94. The minimum Gasteiger partial charge on any atom is -0.349 e. The first-order valence-electron chi connectivity index (χ1n) is 4.94. The molecule has 0 aliphatic carbocycles. The Kier molecular flexibility index (Phi) is 1.91. The molecule has 1 aliphatic rings. The van der Waals surface area contributed by atoms with Crippen molar-refractivity contribution in [3.63, 3.8) is 0 Å². The summed E-state index contributed by atoms with van der Waals surface area (Å²) in [5, 5.41) is 2.84. The largest absolute Gasteiger partial charge is 0.349 e. The van der Waals surface area contributed by atoms with Gasteiger partial charge in [-0.3, -0.25) is 4.79 Å². The van der Waals surface area contributed by atoms with Crippen molar-refractivity contribution in [1.29, 1.82) is 0 Å². The highest BCUT2D eigenvalue weighted by atomic mass is 16.2. The Labute approximate surface area is 84.1 Å². The second-order valence-corrected chi connectivity index (χ2v) is 4.82. The number of aromatic nitrogens is 1. The number of nitrogens with one attached hydrogen (secondary N) is 1. The van der Waals surface area contributed by atoms with Gasteiger partial charge in [-0.15, -0.1) is 0 Å². The Morgan fingerprint density at radius 1 is 1.36 bits per heavy atom. The van der Waals surface area contributed by atoms with Crippen LogP contribution in [0.25, 0.3) is 0 Å². The second-order valence-electron chi connectivity index (χ2n) is 4.82. The van der Waals surface area contributed by atoms with Gasteiger partial charge < -0.3 is 9.88 Å². The number of fused-ring (bicyclic) bond motifs is 1. The summed E-state index contributed by atoms with van der Waals surface area (Å²) in [6, 6.07) is 4.22. The minimum atomic E-state index is 0.107. The molecule has 1 aliphatic heterocycles. The van der Waals surface area contributed by atoms with Crippen molar-refractivity contribution in [2.24, 2.45) is 0 Å². The molecule has 0 saturated carbocycles. The summed E-state index contributed by atoms with van der Waals surface area (Å²) < 4.78 is 2.12. The minimum absolute atomic E-state index is 0.107. The van der Waals surface area contributed by atoms with E-state index in [4.69, 9.17) is 0 Å². The van der Waals surface area contributed by atoms with E-state index >= 15 is 0 Å². The van der Waals surface area contributed by atoms with Crippen LogP contribution in [-0.2, 0) is 23.3 Å². The zero-order valence-electron chi connectivity index (χ0n) is 8.92. The van der Waals surface area contributed by atoms with Crippen molar-refractivity contribution < 1.29 is 4.79 Å². The van der Waals surface area contributed by atoms with Gasteiger partial charge in [0.25, 0.3) is 0 Å². The van der Waals surface area contributed by atoms with Crippen LogP contribution in [0.4, 0.5) is 0 Å². The molecule has 3 nitrogen and oxygen atoms in total. The first-order chi connectivity index (χ1) is 6.48. The fourth-order valence-electron chi connectivity index (χ4n) is 1.89. The van der Waals surface area contributed by atoms with E-state index in [0.717, 1.165) is 0 Å². The lowest BCUT2D eigenvalue weighted by atomic mass is 9.92. The molecule has 14 heavy (non-hydrogen) atoms. The average Bonchev–Trinajstić information content (AvgIpc) is 2.45. The van der Waals surface area contributed by atoms with Crippen LogP contribution in [0.15, 0.2) is 12.1 Å². The highest BCUT2D eigenvalue weighted by Crippen LogP contribution is 2.25. The predicted octanol–water partition coefficient (Wildman–Crippen LogP) is 1.42. The fourth-order valence-corrected chi connectivity index (χ4v) is 1.89. The van der Waals surface area contributed by atoms with E-state index in [9.17, 15) is 4.79 Å². The van der Waals surface area contributed by atoms with Gasteiger partial charge in [-0.2, -0.15) is 0 Å². The van der Waals surface area contributed by atoms with Crippen LogP contribution in [0.3, 0.4) is 0 Å². The van der Waals surface area contributed by atoms with Gasteiger partial charge >= 0.3 is 0 Å². The number of carbonyl (C=O) groups excluding carboxylic acids is 1. The quantitative estimate of drug-likeness (QED) is 0.662. The maximum absolute atomic E-state index is 11.3. The topological polar surface area (TPSA) is 34.0 Å². The highest BCUT2D eigenvalue weighted by Gasteiger charge is 2.23. The summed E-state index contributed by atoms with van der Waals surface area (Å²) in [5.41, 5.74) is 2.55. The van der Waals surface area contributed by atoms with E-state index in [-0.39, 0.29) is 11.3 Å². The number of hydrogen-bond acceptors (Lipinski definition) is 1. The number of rotatable bonds is 0. The SMILES string of the molecule is CC(C)(C)c1ccc2n1CC(=O)NC2. The number of amides is 1. The zero-order valence-corrected chi connectivity index (χ0v) is 8.92. The van der Waals surface area contributed by atoms with Gasteiger partial charge in [-0.25, -0.2) is 0 Å². The summed E-state index contributed by atoms with van der Waals surface area (Å²) >= 11 is 0. The highest BCUT2D eigenvalue weighted by molar-refractivity contribution is 5.77. The van der Waals surface area contributed by atoms with Crippen LogP contribution in [-0.4, -0.2) is 10.5 Å². The Morgan fingerprint density at radius 3 is 2.71 bits per heavy atom. The summed E-state index contributed by atoms with van der Waals surface area (Å²) in [7, 11) is 0. The van der Waals surface area contributed by atoms with Crippen LogP contribution in [0.1, 0.15) is 32.2 Å². The monoisotopic (exact) mass is 192 g/mol.